The van der Waals surface area contributed by atoms with E-state index >= 15 is 0 Å². The number of likely N-dealkylation sites (tertiary alicyclic amines) is 1. The molecule has 0 radical (unpaired) electrons. The molecule has 0 saturated carbocycles. The molecule has 0 spiro atoms. The summed E-state index contributed by atoms with van der Waals surface area (Å²) in [6.07, 6.45) is 8.28. The van der Waals surface area contributed by atoms with Crippen molar-refractivity contribution in [2.24, 2.45) is 5.92 Å². The molecule has 1 aliphatic rings. The van der Waals surface area contributed by atoms with Crippen LogP contribution >= 0.6 is 0 Å². The number of hydrogen-bond acceptors (Lipinski definition) is 3. The molecule has 1 aromatic heterocycles. The molecule has 220 valence electrons. The normalized spacial score (nSPS) is 15.0. The molecule has 5 heteroatoms. The van der Waals surface area contributed by atoms with Crippen molar-refractivity contribution < 1.29 is 4.79 Å². The van der Waals surface area contributed by atoms with Crippen molar-refractivity contribution in [3.05, 3.63) is 120 Å². The first-order chi connectivity index (χ1) is 21.0. The minimum atomic E-state index is -0.234. The average molecular weight is 571 g/mol. The number of rotatable bonds is 10. The molecule has 1 fully saturated rings. The Balaban J connectivity index is 1.37. The van der Waals surface area contributed by atoms with Gasteiger partial charge in [-0.1, -0.05) is 99.1 Å². The van der Waals surface area contributed by atoms with Crippen LogP contribution in [0.3, 0.4) is 0 Å². The number of H-pyrrole nitrogens is 1. The first-order valence-electron chi connectivity index (χ1n) is 15.8. The van der Waals surface area contributed by atoms with Gasteiger partial charge in [0.25, 0.3) is 0 Å². The second-order valence-electron chi connectivity index (χ2n) is 12.3. The summed E-state index contributed by atoms with van der Waals surface area (Å²) in [7, 11) is 0. The standard InChI is InChI=1S/C38H42N4O/c1-28(2)26-42(37(43)22-21-30-17-12-16-29-13-6-7-18-33(29)30)36(38-39-34-19-8-9-20-35(34)40-38)25-31-14-4-5-15-32(31)27-41-23-10-3-11-24-41/h4-9,12-22,28,36H,3,10-11,23-27H2,1-2H3,(H,39,40). The summed E-state index contributed by atoms with van der Waals surface area (Å²) < 4.78 is 0. The third-order valence-electron chi connectivity index (χ3n) is 8.55. The molecule has 1 saturated heterocycles. The van der Waals surface area contributed by atoms with Gasteiger partial charge in [0.2, 0.25) is 5.91 Å². The molecule has 43 heavy (non-hydrogen) atoms. The Labute approximate surface area is 255 Å². The van der Waals surface area contributed by atoms with Crippen LogP contribution in [-0.4, -0.2) is 45.3 Å². The van der Waals surface area contributed by atoms with Gasteiger partial charge in [-0.3, -0.25) is 9.69 Å². The number of benzene rings is 4. The van der Waals surface area contributed by atoms with E-state index in [2.05, 4.69) is 84.4 Å². The smallest absolute Gasteiger partial charge is 0.247 e. The lowest BCUT2D eigenvalue weighted by Crippen LogP contribution is -2.38. The molecule has 0 aliphatic carbocycles. The number of aromatic amines is 1. The highest BCUT2D eigenvalue weighted by Crippen LogP contribution is 2.29. The molecular weight excluding hydrogens is 528 g/mol. The van der Waals surface area contributed by atoms with E-state index in [1.165, 1.54) is 35.8 Å². The minimum absolute atomic E-state index is 0.000557. The number of piperidine rings is 1. The fraction of sp³-hybridized carbons (Fsp3) is 0.316. The molecule has 1 amide bonds. The van der Waals surface area contributed by atoms with E-state index in [0.29, 0.717) is 18.9 Å². The summed E-state index contributed by atoms with van der Waals surface area (Å²) in [4.78, 5) is 27.4. The number of carbonyl (C=O) groups excluding carboxylic acids is 1. The molecule has 5 aromatic rings. The summed E-state index contributed by atoms with van der Waals surface area (Å²) in [5.41, 5.74) is 5.58. The summed E-state index contributed by atoms with van der Waals surface area (Å²) in [6.45, 7) is 8.23. The molecular formula is C38H42N4O. The van der Waals surface area contributed by atoms with Crippen molar-refractivity contribution in [2.45, 2.75) is 52.1 Å². The second-order valence-corrected chi connectivity index (χ2v) is 12.3. The van der Waals surface area contributed by atoms with Crippen LogP contribution in [0.25, 0.3) is 27.9 Å². The van der Waals surface area contributed by atoms with Crippen LogP contribution in [-0.2, 0) is 17.8 Å². The molecule has 0 bridgehead atoms. The Bertz CT molecular complexity index is 1670. The van der Waals surface area contributed by atoms with Crippen LogP contribution in [0, 0.1) is 5.92 Å². The van der Waals surface area contributed by atoms with Gasteiger partial charge in [0.1, 0.15) is 5.82 Å². The van der Waals surface area contributed by atoms with Crippen molar-refractivity contribution >= 4 is 33.8 Å². The number of hydrogen-bond donors (Lipinski definition) is 1. The maximum Gasteiger partial charge on any atom is 0.247 e. The van der Waals surface area contributed by atoms with Crippen molar-refractivity contribution in [2.75, 3.05) is 19.6 Å². The summed E-state index contributed by atoms with van der Waals surface area (Å²) in [5, 5.41) is 2.31. The quantitative estimate of drug-likeness (QED) is 0.172. The van der Waals surface area contributed by atoms with Gasteiger partial charge in [0.05, 0.1) is 17.1 Å². The largest absolute Gasteiger partial charge is 0.340 e. The number of para-hydroxylation sites is 2. The monoisotopic (exact) mass is 570 g/mol. The van der Waals surface area contributed by atoms with Crippen LogP contribution in [0.5, 0.6) is 0 Å². The van der Waals surface area contributed by atoms with Crippen LogP contribution in [0.1, 0.15) is 61.7 Å². The van der Waals surface area contributed by atoms with Gasteiger partial charge in [-0.2, -0.15) is 0 Å². The summed E-state index contributed by atoms with van der Waals surface area (Å²) >= 11 is 0. The first-order valence-corrected chi connectivity index (χ1v) is 15.8. The van der Waals surface area contributed by atoms with Crippen molar-refractivity contribution in [3.63, 3.8) is 0 Å². The number of nitrogens with one attached hydrogen (secondary N) is 1. The van der Waals surface area contributed by atoms with E-state index in [9.17, 15) is 4.79 Å². The summed E-state index contributed by atoms with van der Waals surface area (Å²) in [5.74, 6) is 1.13. The van der Waals surface area contributed by atoms with Gasteiger partial charge in [0, 0.05) is 25.6 Å². The van der Waals surface area contributed by atoms with E-state index < -0.39 is 0 Å². The lowest BCUT2D eigenvalue weighted by atomic mass is 9.97. The Morgan fingerprint density at radius 3 is 2.42 bits per heavy atom. The van der Waals surface area contributed by atoms with Crippen LogP contribution in [0.15, 0.2) is 97.1 Å². The Morgan fingerprint density at radius 2 is 1.60 bits per heavy atom. The van der Waals surface area contributed by atoms with Crippen LogP contribution in [0.4, 0.5) is 0 Å². The molecule has 5 nitrogen and oxygen atoms in total. The number of imidazole rings is 1. The number of carbonyl (C=O) groups is 1. The first kappa shape index (κ1) is 28.9. The Hall–Kier alpha value is -4.22. The number of aromatic nitrogens is 2. The molecule has 1 unspecified atom stereocenters. The highest BCUT2D eigenvalue weighted by Gasteiger charge is 2.29. The zero-order valence-electron chi connectivity index (χ0n) is 25.4. The zero-order valence-corrected chi connectivity index (χ0v) is 25.4. The average Bonchev–Trinajstić information content (AvgIpc) is 3.47. The molecule has 6 rings (SSSR count). The maximum absolute atomic E-state index is 14.2. The third kappa shape index (κ3) is 6.89. The molecule has 4 aromatic carbocycles. The fourth-order valence-electron chi connectivity index (χ4n) is 6.38. The second kappa shape index (κ2) is 13.4. The van der Waals surface area contributed by atoms with Crippen LogP contribution < -0.4 is 0 Å². The van der Waals surface area contributed by atoms with Gasteiger partial charge >= 0.3 is 0 Å². The van der Waals surface area contributed by atoms with Crippen molar-refractivity contribution in [1.82, 2.24) is 19.8 Å². The van der Waals surface area contributed by atoms with Gasteiger partial charge in [-0.15, -0.1) is 0 Å². The van der Waals surface area contributed by atoms with E-state index in [0.717, 1.165) is 47.4 Å². The van der Waals surface area contributed by atoms with Gasteiger partial charge < -0.3 is 9.88 Å². The van der Waals surface area contributed by atoms with E-state index in [4.69, 9.17) is 4.98 Å². The summed E-state index contributed by atoms with van der Waals surface area (Å²) in [6, 6.07) is 31.2. The molecule has 1 N–H and O–H groups in total. The van der Waals surface area contributed by atoms with E-state index in [1.807, 2.05) is 41.3 Å². The Kier molecular flexibility index (Phi) is 8.99. The van der Waals surface area contributed by atoms with Crippen molar-refractivity contribution in [1.29, 1.82) is 0 Å². The number of amides is 1. The van der Waals surface area contributed by atoms with Gasteiger partial charge in [-0.25, -0.2) is 4.98 Å². The number of nitrogens with zero attached hydrogens (tertiary/aromatic N) is 3. The fourth-order valence-corrected chi connectivity index (χ4v) is 6.38. The predicted molar refractivity (Wildman–Crippen MR) is 178 cm³/mol. The molecule has 1 atom stereocenters. The topological polar surface area (TPSA) is 52.2 Å². The predicted octanol–water partition coefficient (Wildman–Crippen LogP) is 8.18. The lowest BCUT2D eigenvalue weighted by Gasteiger charge is -2.33. The van der Waals surface area contributed by atoms with E-state index in [1.54, 1.807) is 6.08 Å². The van der Waals surface area contributed by atoms with Gasteiger partial charge in [-0.05, 0) is 77.5 Å². The highest BCUT2D eigenvalue weighted by molar-refractivity contribution is 5.97. The minimum Gasteiger partial charge on any atom is -0.340 e. The maximum atomic E-state index is 14.2. The zero-order chi connectivity index (χ0) is 29.6. The highest BCUT2D eigenvalue weighted by atomic mass is 16.2. The third-order valence-corrected chi connectivity index (χ3v) is 8.55. The van der Waals surface area contributed by atoms with E-state index in [-0.39, 0.29) is 11.9 Å². The lowest BCUT2D eigenvalue weighted by molar-refractivity contribution is -0.129. The number of fused-ring (bicyclic) bond motifs is 2. The Morgan fingerprint density at radius 1 is 0.884 bits per heavy atom. The molecule has 2 heterocycles. The molecule has 1 aliphatic heterocycles. The van der Waals surface area contributed by atoms with Crippen molar-refractivity contribution in [3.8, 4) is 0 Å². The van der Waals surface area contributed by atoms with Crippen LogP contribution in [0.2, 0.25) is 0 Å². The SMILES string of the molecule is CC(C)CN(C(=O)C=Cc1cccc2ccccc12)C(Cc1ccccc1CN1CCCCC1)c1nc2ccccc2[nH]1. The van der Waals surface area contributed by atoms with Gasteiger partial charge in [0.15, 0.2) is 0 Å².